The topological polar surface area (TPSA) is 30.3 Å². The second-order valence-electron chi connectivity index (χ2n) is 8.25. The third-order valence-corrected chi connectivity index (χ3v) is 8.37. The van der Waals surface area contributed by atoms with Gasteiger partial charge in [-0.1, -0.05) is 0 Å². The molecule has 5 rings (SSSR count). The lowest BCUT2D eigenvalue weighted by atomic mass is 9.85. The summed E-state index contributed by atoms with van der Waals surface area (Å²) in [4.78, 5) is 5.78. The maximum absolute atomic E-state index is 6.46. The van der Waals surface area contributed by atoms with Crippen molar-refractivity contribution in [3.05, 3.63) is 39.3 Å². The van der Waals surface area contributed by atoms with Gasteiger partial charge in [-0.15, -0.1) is 11.3 Å². The molecule has 2 aromatic rings. The standard InChI is InChI=1S/C21H29N3OS2/c1-26-11-9-24-15-16(13-22-24)14-23-7-5-21(6-8-23)20-18(4-10-25-21)12-19(27-20)17-2-3-17/h12-13,15,17H,2-11,14H2,1H3. The summed E-state index contributed by atoms with van der Waals surface area (Å²) in [7, 11) is 0. The number of thioether (sulfide) groups is 1. The Morgan fingerprint density at radius 1 is 1.33 bits per heavy atom. The molecule has 2 fully saturated rings. The Kier molecular flexibility index (Phi) is 5.09. The first-order chi connectivity index (χ1) is 13.3. The van der Waals surface area contributed by atoms with Crippen molar-refractivity contribution in [2.45, 2.75) is 56.7 Å². The van der Waals surface area contributed by atoms with Crippen LogP contribution in [0.25, 0.3) is 0 Å². The van der Waals surface area contributed by atoms with Crippen molar-refractivity contribution in [1.29, 1.82) is 0 Å². The lowest BCUT2D eigenvalue weighted by Crippen LogP contribution is -2.45. The number of thiophene rings is 1. The molecule has 1 saturated heterocycles. The van der Waals surface area contributed by atoms with Gasteiger partial charge in [0.15, 0.2) is 0 Å². The predicted molar refractivity (Wildman–Crippen MR) is 113 cm³/mol. The van der Waals surface area contributed by atoms with Crippen molar-refractivity contribution in [1.82, 2.24) is 14.7 Å². The molecule has 0 unspecified atom stereocenters. The highest BCUT2D eigenvalue weighted by Gasteiger charge is 2.43. The van der Waals surface area contributed by atoms with Crippen LogP contribution in [0, 0.1) is 0 Å². The summed E-state index contributed by atoms with van der Waals surface area (Å²) in [5, 5.41) is 4.51. The minimum Gasteiger partial charge on any atom is -0.369 e. The van der Waals surface area contributed by atoms with E-state index in [0.717, 1.165) is 63.7 Å². The van der Waals surface area contributed by atoms with E-state index in [4.69, 9.17) is 4.74 Å². The van der Waals surface area contributed by atoms with Crippen molar-refractivity contribution in [2.24, 2.45) is 0 Å². The lowest BCUT2D eigenvalue weighted by Gasteiger charge is -2.43. The van der Waals surface area contributed by atoms with E-state index in [1.54, 1.807) is 15.3 Å². The molecule has 1 spiro atoms. The molecule has 0 bridgehead atoms. The molecule has 0 amide bonds. The molecule has 27 heavy (non-hydrogen) atoms. The van der Waals surface area contributed by atoms with Gasteiger partial charge in [0.05, 0.1) is 12.8 Å². The SMILES string of the molecule is CSCCn1cc(CN2CCC3(CC2)OCCc2cc(C4CC4)sc23)cn1. The van der Waals surface area contributed by atoms with Crippen molar-refractivity contribution >= 4 is 23.1 Å². The van der Waals surface area contributed by atoms with Crippen molar-refractivity contribution in [3.8, 4) is 0 Å². The van der Waals surface area contributed by atoms with Gasteiger partial charge >= 0.3 is 0 Å². The number of rotatable bonds is 6. The maximum Gasteiger partial charge on any atom is 0.105 e. The van der Waals surface area contributed by atoms with E-state index < -0.39 is 0 Å². The molecular formula is C21H29N3OS2. The first-order valence-electron chi connectivity index (χ1n) is 10.3. The summed E-state index contributed by atoms with van der Waals surface area (Å²) >= 11 is 3.94. The molecule has 0 radical (unpaired) electrons. The molecule has 3 aliphatic rings. The lowest BCUT2D eigenvalue weighted by molar-refractivity contribution is -0.0960. The van der Waals surface area contributed by atoms with Crippen LogP contribution in [0.15, 0.2) is 18.5 Å². The summed E-state index contributed by atoms with van der Waals surface area (Å²) in [6.07, 6.45) is 12.6. The third-order valence-electron chi connectivity index (χ3n) is 6.25. The van der Waals surface area contributed by atoms with E-state index in [1.807, 2.05) is 18.0 Å². The Morgan fingerprint density at radius 3 is 2.96 bits per heavy atom. The molecule has 1 saturated carbocycles. The minimum absolute atomic E-state index is 0.00439. The number of likely N-dealkylation sites (tertiary alicyclic amines) is 1. The quantitative estimate of drug-likeness (QED) is 0.721. The van der Waals surface area contributed by atoms with Crippen LogP contribution in [0.2, 0.25) is 0 Å². The fourth-order valence-electron chi connectivity index (χ4n) is 4.51. The van der Waals surface area contributed by atoms with E-state index in [1.165, 1.54) is 18.4 Å². The number of aryl methyl sites for hydroxylation is 1. The fraction of sp³-hybridized carbons (Fsp3) is 0.667. The normalized spacial score (nSPS) is 22.3. The Morgan fingerprint density at radius 2 is 2.19 bits per heavy atom. The van der Waals surface area contributed by atoms with Gasteiger partial charge in [-0.2, -0.15) is 16.9 Å². The molecule has 0 aromatic carbocycles. The van der Waals surface area contributed by atoms with Crippen LogP contribution in [-0.4, -0.2) is 46.4 Å². The summed E-state index contributed by atoms with van der Waals surface area (Å²) in [6.45, 7) is 5.15. The zero-order valence-electron chi connectivity index (χ0n) is 16.2. The van der Waals surface area contributed by atoms with Gasteiger partial charge < -0.3 is 4.74 Å². The van der Waals surface area contributed by atoms with Crippen LogP contribution in [0.5, 0.6) is 0 Å². The molecule has 4 nitrogen and oxygen atoms in total. The molecule has 4 heterocycles. The van der Waals surface area contributed by atoms with E-state index in [0.29, 0.717) is 0 Å². The van der Waals surface area contributed by atoms with Gasteiger partial charge in [-0.3, -0.25) is 9.58 Å². The van der Waals surface area contributed by atoms with E-state index in [-0.39, 0.29) is 5.60 Å². The van der Waals surface area contributed by atoms with Crippen LogP contribution in [0.3, 0.4) is 0 Å². The number of hydrogen-bond donors (Lipinski definition) is 0. The van der Waals surface area contributed by atoms with E-state index >= 15 is 0 Å². The van der Waals surface area contributed by atoms with Crippen LogP contribution in [-0.2, 0) is 29.8 Å². The Hall–Kier alpha value is -0.820. The van der Waals surface area contributed by atoms with Crippen LogP contribution < -0.4 is 0 Å². The van der Waals surface area contributed by atoms with Gasteiger partial charge in [0, 0.05) is 53.4 Å². The highest BCUT2D eigenvalue weighted by Crippen LogP contribution is 2.50. The van der Waals surface area contributed by atoms with Gasteiger partial charge in [0.1, 0.15) is 5.60 Å². The fourth-order valence-corrected chi connectivity index (χ4v) is 6.46. The molecule has 6 heteroatoms. The average molecular weight is 404 g/mol. The van der Waals surface area contributed by atoms with Crippen LogP contribution in [0.1, 0.15) is 52.5 Å². The van der Waals surface area contributed by atoms with E-state index in [2.05, 4.69) is 44.5 Å². The van der Waals surface area contributed by atoms with E-state index in [9.17, 15) is 0 Å². The predicted octanol–water partition coefficient (Wildman–Crippen LogP) is 4.25. The third kappa shape index (κ3) is 3.74. The minimum atomic E-state index is 0.00439. The molecule has 1 aliphatic carbocycles. The number of hydrogen-bond acceptors (Lipinski definition) is 5. The van der Waals surface area contributed by atoms with Gasteiger partial charge in [-0.05, 0) is 55.9 Å². The summed E-state index contributed by atoms with van der Waals surface area (Å²) in [5.41, 5.74) is 2.94. The number of nitrogens with zero attached hydrogens (tertiary/aromatic N) is 3. The zero-order chi connectivity index (χ0) is 18.3. The largest absolute Gasteiger partial charge is 0.369 e. The smallest absolute Gasteiger partial charge is 0.105 e. The first kappa shape index (κ1) is 18.2. The molecule has 2 aliphatic heterocycles. The Labute approximate surface area is 170 Å². The molecule has 146 valence electrons. The number of piperidine rings is 1. The van der Waals surface area contributed by atoms with Crippen LogP contribution >= 0.6 is 23.1 Å². The highest BCUT2D eigenvalue weighted by molar-refractivity contribution is 7.98. The summed E-state index contributed by atoms with van der Waals surface area (Å²) < 4.78 is 8.54. The van der Waals surface area contributed by atoms with Crippen molar-refractivity contribution in [3.63, 3.8) is 0 Å². The molecular weight excluding hydrogens is 374 g/mol. The van der Waals surface area contributed by atoms with Crippen molar-refractivity contribution < 1.29 is 4.74 Å². The second-order valence-corrected chi connectivity index (χ2v) is 10.3. The summed E-state index contributed by atoms with van der Waals surface area (Å²) in [5.74, 6) is 1.98. The zero-order valence-corrected chi connectivity index (χ0v) is 17.8. The molecule has 0 N–H and O–H groups in total. The van der Waals surface area contributed by atoms with Crippen LogP contribution in [0.4, 0.5) is 0 Å². The number of fused-ring (bicyclic) bond motifs is 2. The maximum atomic E-state index is 6.46. The van der Waals surface area contributed by atoms with Gasteiger partial charge in [0.25, 0.3) is 0 Å². The highest BCUT2D eigenvalue weighted by atomic mass is 32.2. The Bertz CT molecular complexity index is 787. The first-order valence-corrected chi connectivity index (χ1v) is 12.5. The molecule has 0 atom stereocenters. The van der Waals surface area contributed by atoms with Crippen molar-refractivity contribution in [2.75, 3.05) is 31.7 Å². The second kappa shape index (κ2) is 7.54. The van der Waals surface area contributed by atoms with Gasteiger partial charge in [0.2, 0.25) is 0 Å². The van der Waals surface area contributed by atoms with Gasteiger partial charge in [-0.25, -0.2) is 0 Å². The Balaban J connectivity index is 1.23. The average Bonchev–Trinajstić information content (AvgIpc) is 3.28. The number of aromatic nitrogens is 2. The molecule has 2 aromatic heterocycles. The summed E-state index contributed by atoms with van der Waals surface area (Å²) in [6, 6.07) is 2.51. The monoisotopic (exact) mass is 403 g/mol. The number of ether oxygens (including phenoxy) is 1.